The van der Waals surface area contributed by atoms with Gasteiger partial charge in [-0.15, -0.1) is 11.6 Å². The van der Waals surface area contributed by atoms with Gasteiger partial charge in [-0.3, -0.25) is 0 Å². The molecule has 1 unspecified atom stereocenters. The van der Waals surface area contributed by atoms with Crippen LogP contribution in [0, 0.1) is 23.1 Å². The highest BCUT2D eigenvalue weighted by Crippen LogP contribution is 2.30. The average molecular weight is 223 g/mol. The van der Waals surface area contributed by atoms with E-state index < -0.39 is 27.7 Å². The van der Waals surface area contributed by atoms with Gasteiger partial charge >= 0.3 is 0 Å². The molecule has 0 amide bonds. The Hall–Kier alpha value is -0.920. The lowest BCUT2D eigenvalue weighted by atomic mass is 10.2. The summed E-state index contributed by atoms with van der Waals surface area (Å²) in [7, 11) is 0. The first-order valence-corrected chi connectivity index (χ1v) is 3.92. The van der Waals surface area contributed by atoms with Gasteiger partial charge in [0.2, 0.25) is 5.95 Å². The molecule has 0 aliphatic carbocycles. The van der Waals surface area contributed by atoms with Crippen molar-refractivity contribution in [2.24, 2.45) is 0 Å². The molecule has 1 rings (SSSR count). The summed E-state index contributed by atoms with van der Waals surface area (Å²) in [6.45, 7) is 0. The summed E-state index contributed by atoms with van der Waals surface area (Å²) < 4.78 is 25.6. The summed E-state index contributed by atoms with van der Waals surface area (Å²) in [5.41, 5.74) is -0.425. The molecule has 0 saturated carbocycles. The standard InChI is InChI=1S/C7H2Cl2F2N2/c8-3(1-12)5-6(9)4(10)2-13-7(5)11/h2-3H. The van der Waals surface area contributed by atoms with Gasteiger partial charge in [-0.1, -0.05) is 11.6 Å². The van der Waals surface area contributed by atoms with Crippen molar-refractivity contribution in [2.45, 2.75) is 5.38 Å². The van der Waals surface area contributed by atoms with E-state index in [2.05, 4.69) is 4.98 Å². The van der Waals surface area contributed by atoms with Crippen LogP contribution in [0.15, 0.2) is 6.20 Å². The minimum absolute atomic E-state index is 0.425. The van der Waals surface area contributed by atoms with Crippen LogP contribution in [-0.2, 0) is 0 Å². The summed E-state index contributed by atoms with van der Waals surface area (Å²) in [5.74, 6) is -1.94. The van der Waals surface area contributed by atoms with Crippen LogP contribution in [0.4, 0.5) is 8.78 Å². The van der Waals surface area contributed by atoms with E-state index in [1.807, 2.05) is 0 Å². The van der Waals surface area contributed by atoms with Gasteiger partial charge in [-0.05, 0) is 0 Å². The summed E-state index contributed by atoms with van der Waals surface area (Å²) in [6.07, 6.45) is 0.627. The minimum Gasteiger partial charge on any atom is -0.225 e. The molecule has 0 radical (unpaired) electrons. The van der Waals surface area contributed by atoms with Crippen molar-refractivity contribution in [3.05, 3.63) is 28.5 Å². The molecule has 0 fully saturated rings. The largest absolute Gasteiger partial charge is 0.225 e. The van der Waals surface area contributed by atoms with Crippen LogP contribution in [0.3, 0.4) is 0 Å². The highest BCUT2D eigenvalue weighted by Gasteiger charge is 2.20. The van der Waals surface area contributed by atoms with Gasteiger partial charge in [-0.25, -0.2) is 9.37 Å². The van der Waals surface area contributed by atoms with Crippen molar-refractivity contribution < 1.29 is 8.78 Å². The number of nitriles is 1. The maximum atomic E-state index is 12.9. The highest BCUT2D eigenvalue weighted by molar-refractivity contribution is 6.33. The third-order valence-corrected chi connectivity index (χ3v) is 2.03. The van der Waals surface area contributed by atoms with Gasteiger partial charge in [0.25, 0.3) is 0 Å². The Kier molecular flexibility index (Phi) is 3.02. The predicted octanol–water partition coefficient (Wildman–Crippen LogP) is 2.82. The van der Waals surface area contributed by atoms with E-state index in [0.717, 1.165) is 0 Å². The number of alkyl halides is 1. The summed E-state index contributed by atoms with van der Waals surface area (Å²) in [4.78, 5) is 3.05. The van der Waals surface area contributed by atoms with E-state index in [-0.39, 0.29) is 0 Å². The van der Waals surface area contributed by atoms with Gasteiger partial charge < -0.3 is 0 Å². The van der Waals surface area contributed by atoms with Gasteiger partial charge in [0, 0.05) is 0 Å². The van der Waals surface area contributed by atoms with Crippen molar-refractivity contribution in [3.63, 3.8) is 0 Å². The van der Waals surface area contributed by atoms with E-state index >= 15 is 0 Å². The number of aromatic nitrogens is 1. The van der Waals surface area contributed by atoms with Gasteiger partial charge in [0.15, 0.2) is 11.2 Å². The molecule has 13 heavy (non-hydrogen) atoms. The van der Waals surface area contributed by atoms with Crippen LogP contribution in [0.5, 0.6) is 0 Å². The molecular weight excluding hydrogens is 221 g/mol. The van der Waals surface area contributed by atoms with Crippen LogP contribution in [-0.4, -0.2) is 4.98 Å². The SMILES string of the molecule is N#CC(Cl)c1c(F)ncc(F)c1Cl. The van der Waals surface area contributed by atoms with Crippen molar-refractivity contribution in [1.82, 2.24) is 4.98 Å². The first-order chi connectivity index (χ1) is 6.07. The second-order valence-corrected chi connectivity index (χ2v) is 2.93. The molecule has 0 aromatic carbocycles. The van der Waals surface area contributed by atoms with Gasteiger partial charge in [0.1, 0.15) is 0 Å². The fraction of sp³-hybridized carbons (Fsp3) is 0.143. The van der Waals surface area contributed by atoms with Crippen LogP contribution in [0.25, 0.3) is 0 Å². The molecule has 0 aliphatic rings. The number of hydrogen-bond donors (Lipinski definition) is 0. The zero-order valence-electron chi connectivity index (χ0n) is 6.06. The minimum atomic E-state index is -1.34. The fourth-order valence-electron chi connectivity index (χ4n) is 0.739. The van der Waals surface area contributed by atoms with Crippen LogP contribution < -0.4 is 0 Å². The van der Waals surface area contributed by atoms with E-state index in [1.54, 1.807) is 0 Å². The number of pyridine rings is 1. The maximum Gasteiger partial charge on any atom is 0.220 e. The van der Waals surface area contributed by atoms with E-state index in [4.69, 9.17) is 28.5 Å². The second kappa shape index (κ2) is 3.86. The number of nitrogens with zero attached hydrogens (tertiary/aromatic N) is 2. The quantitative estimate of drug-likeness (QED) is 0.542. The lowest BCUT2D eigenvalue weighted by Crippen LogP contribution is -1.99. The van der Waals surface area contributed by atoms with E-state index in [9.17, 15) is 8.78 Å². The average Bonchev–Trinajstić information content (AvgIpc) is 2.12. The molecule has 1 atom stereocenters. The normalized spacial score (nSPS) is 12.2. The fourth-order valence-corrected chi connectivity index (χ4v) is 1.23. The van der Waals surface area contributed by atoms with E-state index in [0.29, 0.717) is 6.20 Å². The molecule has 0 N–H and O–H groups in total. The zero-order valence-corrected chi connectivity index (χ0v) is 7.57. The molecular formula is C7H2Cl2F2N2. The molecule has 0 spiro atoms. The Morgan fingerprint density at radius 1 is 1.54 bits per heavy atom. The highest BCUT2D eigenvalue weighted by atomic mass is 35.5. The Bertz CT molecular complexity index is 375. The van der Waals surface area contributed by atoms with Crippen LogP contribution in [0.1, 0.15) is 10.9 Å². The molecule has 2 nitrogen and oxygen atoms in total. The third-order valence-electron chi connectivity index (χ3n) is 1.33. The Morgan fingerprint density at radius 3 is 2.69 bits per heavy atom. The van der Waals surface area contributed by atoms with Gasteiger partial charge in [0.05, 0.1) is 22.9 Å². The topological polar surface area (TPSA) is 36.7 Å². The maximum absolute atomic E-state index is 12.9. The number of halogens is 4. The summed E-state index contributed by atoms with van der Waals surface area (Å²) >= 11 is 10.8. The first-order valence-electron chi connectivity index (χ1n) is 3.11. The molecule has 1 aromatic rings. The predicted molar refractivity (Wildman–Crippen MR) is 43.4 cm³/mol. The van der Waals surface area contributed by atoms with Crippen molar-refractivity contribution in [2.75, 3.05) is 0 Å². The molecule has 68 valence electrons. The van der Waals surface area contributed by atoms with Crippen molar-refractivity contribution >= 4 is 23.2 Å². The molecule has 1 aromatic heterocycles. The molecule has 0 saturated heterocycles. The van der Waals surface area contributed by atoms with Crippen LogP contribution >= 0.6 is 23.2 Å². The second-order valence-electron chi connectivity index (χ2n) is 2.12. The van der Waals surface area contributed by atoms with Crippen molar-refractivity contribution in [3.8, 4) is 6.07 Å². The lowest BCUT2D eigenvalue weighted by Gasteiger charge is -2.04. The Morgan fingerprint density at radius 2 is 2.15 bits per heavy atom. The number of rotatable bonds is 1. The molecule has 1 heterocycles. The number of hydrogen-bond acceptors (Lipinski definition) is 2. The lowest BCUT2D eigenvalue weighted by molar-refractivity contribution is 0.547. The monoisotopic (exact) mass is 222 g/mol. The summed E-state index contributed by atoms with van der Waals surface area (Å²) in [6, 6.07) is 1.52. The summed E-state index contributed by atoms with van der Waals surface area (Å²) in [5, 5.41) is 6.53. The Balaban J connectivity index is 3.35. The Labute approximate surface area is 82.7 Å². The van der Waals surface area contributed by atoms with E-state index in [1.165, 1.54) is 6.07 Å². The molecule has 0 aliphatic heterocycles. The van der Waals surface area contributed by atoms with Crippen LogP contribution in [0.2, 0.25) is 5.02 Å². The van der Waals surface area contributed by atoms with Crippen molar-refractivity contribution in [1.29, 1.82) is 5.26 Å². The molecule has 6 heteroatoms. The molecule has 0 bridgehead atoms. The zero-order chi connectivity index (χ0) is 10.0. The first kappa shape index (κ1) is 10.2. The van der Waals surface area contributed by atoms with Gasteiger partial charge in [-0.2, -0.15) is 9.65 Å². The smallest absolute Gasteiger partial charge is 0.220 e. The third kappa shape index (κ3) is 1.87.